The highest BCUT2D eigenvalue weighted by atomic mass is 16.5. The van der Waals surface area contributed by atoms with Gasteiger partial charge in [-0.15, -0.1) is 0 Å². The number of carbonyl (C=O) groups is 1. The third-order valence-electron chi connectivity index (χ3n) is 4.50. The van der Waals surface area contributed by atoms with E-state index in [1.54, 1.807) is 12.1 Å². The Bertz CT molecular complexity index is 1030. The molecule has 0 amide bonds. The first-order valence-corrected chi connectivity index (χ1v) is 8.09. The Balaban J connectivity index is 2.00. The molecule has 0 aliphatic heterocycles. The van der Waals surface area contributed by atoms with Crippen molar-refractivity contribution in [3.8, 4) is 17.2 Å². The molecule has 0 saturated carbocycles. The summed E-state index contributed by atoms with van der Waals surface area (Å²) in [5.74, 6) is 0.981. The standard InChI is InChI=1S/C20H17NO4/c1-11-7-8-16(24-2)18-13(20(22)23)10-14(21-19(11)18)17-9-12-5-3-4-6-15(12)25-17/h3,5,7-10H,4,6H2,1-2H3,(H,22,23). The van der Waals surface area contributed by atoms with Crippen LogP contribution in [0.25, 0.3) is 28.4 Å². The van der Waals surface area contributed by atoms with Crippen molar-refractivity contribution >= 4 is 22.9 Å². The maximum Gasteiger partial charge on any atom is 0.336 e. The minimum Gasteiger partial charge on any atom is -0.496 e. The summed E-state index contributed by atoms with van der Waals surface area (Å²) >= 11 is 0. The summed E-state index contributed by atoms with van der Waals surface area (Å²) in [4.78, 5) is 16.5. The molecule has 126 valence electrons. The van der Waals surface area contributed by atoms with Crippen molar-refractivity contribution in [2.45, 2.75) is 19.8 Å². The van der Waals surface area contributed by atoms with Crippen LogP contribution in [0, 0.1) is 6.92 Å². The van der Waals surface area contributed by atoms with E-state index in [2.05, 4.69) is 11.1 Å². The molecule has 0 saturated heterocycles. The van der Waals surface area contributed by atoms with E-state index in [0.29, 0.717) is 28.1 Å². The highest BCUT2D eigenvalue weighted by molar-refractivity contribution is 6.07. The Morgan fingerprint density at radius 2 is 2.16 bits per heavy atom. The average molecular weight is 335 g/mol. The fraction of sp³-hybridized carbons (Fsp3) is 0.200. The molecule has 0 atom stereocenters. The molecule has 0 spiro atoms. The minimum absolute atomic E-state index is 0.158. The molecular weight excluding hydrogens is 318 g/mol. The van der Waals surface area contributed by atoms with E-state index >= 15 is 0 Å². The molecule has 4 rings (SSSR count). The first-order valence-electron chi connectivity index (χ1n) is 8.09. The Kier molecular flexibility index (Phi) is 3.57. The molecule has 2 aromatic heterocycles. The number of fused-ring (bicyclic) bond motifs is 2. The number of rotatable bonds is 3. The maximum atomic E-state index is 11.8. The van der Waals surface area contributed by atoms with Crippen LogP contribution in [0.4, 0.5) is 0 Å². The van der Waals surface area contributed by atoms with Crippen LogP contribution in [0.1, 0.15) is 33.7 Å². The summed E-state index contributed by atoms with van der Waals surface area (Å²) < 4.78 is 11.3. The van der Waals surface area contributed by atoms with Crippen LogP contribution >= 0.6 is 0 Å². The fourth-order valence-electron chi connectivity index (χ4n) is 3.24. The number of benzene rings is 1. The van der Waals surface area contributed by atoms with Gasteiger partial charge in [-0.25, -0.2) is 9.78 Å². The Morgan fingerprint density at radius 3 is 2.88 bits per heavy atom. The molecule has 5 nitrogen and oxygen atoms in total. The summed E-state index contributed by atoms with van der Waals surface area (Å²) in [5.41, 5.74) is 3.20. The number of aromatic nitrogens is 1. The second-order valence-corrected chi connectivity index (χ2v) is 6.10. The van der Waals surface area contributed by atoms with Crippen molar-refractivity contribution in [3.05, 3.63) is 52.8 Å². The van der Waals surface area contributed by atoms with Crippen LogP contribution in [-0.2, 0) is 6.42 Å². The first kappa shape index (κ1) is 15.4. The third-order valence-corrected chi connectivity index (χ3v) is 4.50. The van der Waals surface area contributed by atoms with Crippen molar-refractivity contribution in [2.75, 3.05) is 7.11 Å². The van der Waals surface area contributed by atoms with E-state index in [1.807, 2.05) is 25.1 Å². The van der Waals surface area contributed by atoms with E-state index in [0.717, 1.165) is 29.7 Å². The highest BCUT2D eigenvalue weighted by Gasteiger charge is 2.20. The fourth-order valence-corrected chi connectivity index (χ4v) is 3.24. The van der Waals surface area contributed by atoms with Gasteiger partial charge in [0.1, 0.15) is 17.2 Å². The lowest BCUT2D eigenvalue weighted by molar-refractivity contribution is 0.0699. The summed E-state index contributed by atoms with van der Waals surface area (Å²) in [6.07, 6.45) is 5.92. The van der Waals surface area contributed by atoms with E-state index in [9.17, 15) is 9.90 Å². The van der Waals surface area contributed by atoms with Gasteiger partial charge in [-0.05, 0) is 37.1 Å². The van der Waals surface area contributed by atoms with Gasteiger partial charge in [-0.1, -0.05) is 18.2 Å². The van der Waals surface area contributed by atoms with E-state index in [-0.39, 0.29) is 5.56 Å². The van der Waals surface area contributed by atoms with Gasteiger partial charge in [0.25, 0.3) is 0 Å². The number of hydrogen-bond acceptors (Lipinski definition) is 4. The minimum atomic E-state index is -1.02. The number of aryl methyl sites for hydroxylation is 2. The van der Waals surface area contributed by atoms with Gasteiger partial charge in [0, 0.05) is 12.0 Å². The predicted molar refractivity (Wildman–Crippen MR) is 95.0 cm³/mol. The second kappa shape index (κ2) is 5.77. The van der Waals surface area contributed by atoms with E-state index in [4.69, 9.17) is 9.15 Å². The molecule has 5 heteroatoms. The highest BCUT2D eigenvalue weighted by Crippen LogP contribution is 2.35. The monoisotopic (exact) mass is 335 g/mol. The lowest BCUT2D eigenvalue weighted by Crippen LogP contribution is -2.02. The van der Waals surface area contributed by atoms with Crippen LogP contribution in [0.15, 0.2) is 34.8 Å². The number of hydrogen-bond donors (Lipinski definition) is 1. The molecule has 1 aliphatic carbocycles. The lowest BCUT2D eigenvalue weighted by Gasteiger charge is -2.11. The molecule has 1 N–H and O–H groups in total. The molecule has 0 radical (unpaired) electrons. The summed E-state index contributed by atoms with van der Waals surface area (Å²) in [6, 6.07) is 7.11. The second-order valence-electron chi connectivity index (χ2n) is 6.10. The molecule has 2 heterocycles. The zero-order chi connectivity index (χ0) is 17.6. The number of pyridine rings is 1. The number of methoxy groups -OCH3 is 1. The molecule has 3 aromatic rings. The molecular formula is C20H17NO4. The summed E-state index contributed by atoms with van der Waals surface area (Å²) in [7, 11) is 1.52. The molecule has 0 fully saturated rings. The van der Waals surface area contributed by atoms with E-state index < -0.39 is 5.97 Å². The quantitative estimate of drug-likeness (QED) is 0.764. The van der Waals surface area contributed by atoms with Crippen LogP contribution in [0.2, 0.25) is 0 Å². The summed E-state index contributed by atoms with van der Waals surface area (Å²) in [6.45, 7) is 1.90. The number of aromatic carboxylic acids is 1. The molecule has 1 aromatic carbocycles. The van der Waals surface area contributed by atoms with Crippen molar-refractivity contribution in [1.82, 2.24) is 4.98 Å². The van der Waals surface area contributed by atoms with Crippen LogP contribution < -0.4 is 4.74 Å². The smallest absolute Gasteiger partial charge is 0.336 e. The molecule has 0 unspecified atom stereocenters. The Labute approximate surface area is 144 Å². The van der Waals surface area contributed by atoms with Crippen molar-refractivity contribution in [1.29, 1.82) is 0 Å². The number of carboxylic acid groups (broad SMARTS) is 1. The SMILES string of the molecule is COc1ccc(C)c2nc(-c3cc4c(o3)CCC=C4)cc(C(=O)O)c12. The summed E-state index contributed by atoms with van der Waals surface area (Å²) in [5, 5.41) is 10.2. The lowest BCUT2D eigenvalue weighted by atomic mass is 10.0. The van der Waals surface area contributed by atoms with E-state index in [1.165, 1.54) is 7.11 Å². The molecule has 25 heavy (non-hydrogen) atoms. The largest absolute Gasteiger partial charge is 0.496 e. The third kappa shape index (κ3) is 2.48. The number of furan rings is 1. The number of allylic oxidation sites excluding steroid dienone is 1. The van der Waals surface area contributed by atoms with Gasteiger partial charge in [0.2, 0.25) is 0 Å². The van der Waals surface area contributed by atoms with Crippen molar-refractivity contribution in [2.24, 2.45) is 0 Å². The zero-order valence-electron chi connectivity index (χ0n) is 14.0. The van der Waals surface area contributed by atoms with Gasteiger partial charge < -0.3 is 14.3 Å². The van der Waals surface area contributed by atoms with Gasteiger partial charge in [0.15, 0.2) is 5.76 Å². The zero-order valence-corrected chi connectivity index (χ0v) is 14.0. The topological polar surface area (TPSA) is 72.6 Å². The van der Waals surface area contributed by atoms with Gasteiger partial charge in [-0.3, -0.25) is 0 Å². The first-order chi connectivity index (χ1) is 12.1. The molecule has 1 aliphatic rings. The van der Waals surface area contributed by atoms with Crippen LogP contribution in [0.3, 0.4) is 0 Å². The number of carboxylic acids is 1. The average Bonchev–Trinajstić information content (AvgIpc) is 3.05. The van der Waals surface area contributed by atoms with Crippen LogP contribution in [0.5, 0.6) is 5.75 Å². The molecule has 0 bridgehead atoms. The normalized spacial score (nSPS) is 13.0. The maximum absolute atomic E-state index is 11.8. The van der Waals surface area contributed by atoms with Crippen molar-refractivity contribution < 1.29 is 19.1 Å². The van der Waals surface area contributed by atoms with Crippen LogP contribution in [-0.4, -0.2) is 23.2 Å². The Hall–Kier alpha value is -3.08. The number of nitrogens with zero attached hydrogens (tertiary/aromatic N) is 1. The van der Waals surface area contributed by atoms with Crippen molar-refractivity contribution in [3.63, 3.8) is 0 Å². The Morgan fingerprint density at radius 1 is 1.32 bits per heavy atom. The van der Waals surface area contributed by atoms with Gasteiger partial charge in [-0.2, -0.15) is 0 Å². The predicted octanol–water partition coefficient (Wildman–Crippen LogP) is 4.47. The van der Waals surface area contributed by atoms with Gasteiger partial charge >= 0.3 is 5.97 Å². The van der Waals surface area contributed by atoms with Gasteiger partial charge in [0.05, 0.1) is 23.6 Å². The number of ether oxygens (including phenoxy) is 1.